The number of Topliss-reactive ketones (excluding diaryl/α,β-unsaturated/α-hetero) is 1. The third kappa shape index (κ3) is 6.25. The highest BCUT2D eigenvalue weighted by Crippen LogP contribution is 2.23. The molecular weight excluding hydrogens is 147 g/mol. The van der Waals surface area contributed by atoms with E-state index in [9.17, 15) is 4.79 Å². The number of carbonyl (C=O) groups excluding carboxylic acids is 1. The fourth-order valence-corrected chi connectivity index (χ4v) is 0.814. The van der Waals surface area contributed by atoms with Crippen LogP contribution in [0.5, 0.6) is 0 Å². The lowest BCUT2D eigenvalue weighted by atomic mass is 10.2. The quantitative estimate of drug-likeness (QED) is 0.558. The lowest BCUT2D eigenvalue weighted by molar-refractivity contribution is -0.117. The van der Waals surface area contributed by atoms with E-state index >= 15 is 0 Å². The summed E-state index contributed by atoms with van der Waals surface area (Å²) in [5, 5.41) is 0. The summed E-state index contributed by atoms with van der Waals surface area (Å²) < 4.78 is -0.883. The minimum absolute atomic E-state index is 0.0116. The maximum absolute atomic E-state index is 10.3. The van der Waals surface area contributed by atoms with E-state index in [1.807, 2.05) is 0 Å². The minimum Gasteiger partial charge on any atom is -0.300 e. The van der Waals surface area contributed by atoms with Crippen LogP contribution >= 0.6 is 23.2 Å². The second kappa shape index (κ2) is 2.70. The second-order valence-electron chi connectivity index (χ2n) is 1.95. The van der Waals surface area contributed by atoms with Crippen molar-refractivity contribution in [2.75, 3.05) is 0 Å². The summed E-state index contributed by atoms with van der Waals surface area (Å²) in [5.41, 5.74) is 0. The molecule has 0 aromatic rings. The topological polar surface area (TPSA) is 17.1 Å². The highest BCUT2D eigenvalue weighted by molar-refractivity contribution is 6.48. The Bertz CT molecular complexity index is 93.1. The normalized spacial score (nSPS) is 11.5. The van der Waals surface area contributed by atoms with Crippen LogP contribution in [0.3, 0.4) is 0 Å². The molecule has 0 heterocycles. The molecule has 0 saturated heterocycles. The highest BCUT2D eigenvalue weighted by Gasteiger charge is 2.17. The largest absolute Gasteiger partial charge is 0.300 e. The Kier molecular flexibility index (Phi) is 2.78. The zero-order valence-electron chi connectivity index (χ0n) is 4.87. The van der Waals surface area contributed by atoms with Crippen molar-refractivity contribution in [2.24, 2.45) is 0 Å². The van der Waals surface area contributed by atoms with E-state index in [0.717, 1.165) is 0 Å². The summed E-state index contributed by atoms with van der Waals surface area (Å²) in [6, 6.07) is 0. The summed E-state index contributed by atoms with van der Waals surface area (Å²) in [6.45, 7) is 3.06. The first-order valence-corrected chi connectivity index (χ1v) is 3.05. The molecule has 0 unspecified atom stereocenters. The number of carbonyl (C=O) groups is 1. The molecule has 1 nitrogen and oxygen atoms in total. The number of hydrogen-bond donors (Lipinski definition) is 0. The zero-order chi connectivity index (χ0) is 6.78. The van der Waals surface area contributed by atoms with Gasteiger partial charge in [0, 0.05) is 6.42 Å². The van der Waals surface area contributed by atoms with Gasteiger partial charge in [-0.15, -0.1) is 23.2 Å². The molecule has 0 aromatic carbocycles. The van der Waals surface area contributed by atoms with E-state index in [4.69, 9.17) is 23.2 Å². The van der Waals surface area contributed by atoms with E-state index in [1.54, 1.807) is 6.92 Å². The van der Waals surface area contributed by atoms with Crippen molar-refractivity contribution in [1.29, 1.82) is 0 Å². The number of ketones is 1. The van der Waals surface area contributed by atoms with Gasteiger partial charge in [0.15, 0.2) is 0 Å². The van der Waals surface area contributed by atoms with Gasteiger partial charge in [0.25, 0.3) is 0 Å². The molecule has 0 spiro atoms. The molecule has 0 aromatic heterocycles. The summed E-state index contributed by atoms with van der Waals surface area (Å²) >= 11 is 10.9. The van der Waals surface area contributed by atoms with Gasteiger partial charge in [-0.05, 0) is 13.8 Å². The third-order valence-electron chi connectivity index (χ3n) is 0.559. The molecular formula is C5H8Cl2O. The van der Waals surface area contributed by atoms with Gasteiger partial charge in [-0.2, -0.15) is 0 Å². The van der Waals surface area contributed by atoms with Crippen LogP contribution in [0.15, 0.2) is 0 Å². The van der Waals surface area contributed by atoms with Crippen LogP contribution in [0.1, 0.15) is 20.3 Å². The molecule has 0 aliphatic heterocycles. The van der Waals surface area contributed by atoms with Gasteiger partial charge >= 0.3 is 0 Å². The van der Waals surface area contributed by atoms with Gasteiger partial charge in [-0.25, -0.2) is 0 Å². The molecule has 0 saturated carbocycles. The molecule has 0 bridgehead atoms. The van der Waals surface area contributed by atoms with Crippen molar-refractivity contribution in [2.45, 2.75) is 24.6 Å². The summed E-state index contributed by atoms with van der Waals surface area (Å²) in [6.07, 6.45) is 0.218. The molecule has 3 heteroatoms. The molecule has 0 aliphatic rings. The molecule has 0 rings (SSSR count). The molecule has 0 fully saturated rings. The van der Waals surface area contributed by atoms with Crippen molar-refractivity contribution >= 4 is 29.0 Å². The number of rotatable bonds is 2. The Hall–Kier alpha value is 0.250. The molecule has 0 N–H and O–H groups in total. The van der Waals surface area contributed by atoms with Gasteiger partial charge < -0.3 is 0 Å². The highest BCUT2D eigenvalue weighted by atomic mass is 35.5. The predicted octanol–water partition coefficient (Wildman–Crippen LogP) is 2.16. The van der Waals surface area contributed by atoms with Crippen molar-refractivity contribution in [1.82, 2.24) is 0 Å². The fraction of sp³-hybridized carbons (Fsp3) is 0.800. The zero-order valence-corrected chi connectivity index (χ0v) is 6.38. The Balaban J connectivity index is 3.55. The summed E-state index contributed by atoms with van der Waals surface area (Å²) in [7, 11) is 0. The smallest absolute Gasteiger partial charge is 0.132 e. The van der Waals surface area contributed by atoms with Crippen molar-refractivity contribution < 1.29 is 4.79 Å². The number of alkyl halides is 2. The lowest BCUT2D eigenvalue weighted by Crippen LogP contribution is -2.10. The molecule has 8 heavy (non-hydrogen) atoms. The first-order chi connectivity index (χ1) is 3.42. The van der Waals surface area contributed by atoms with Crippen molar-refractivity contribution in [3.8, 4) is 0 Å². The van der Waals surface area contributed by atoms with Crippen LogP contribution in [0, 0.1) is 0 Å². The average molecular weight is 155 g/mol. The number of halogens is 2. The van der Waals surface area contributed by atoms with Crippen LogP contribution in [0.25, 0.3) is 0 Å². The van der Waals surface area contributed by atoms with E-state index in [-0.39, 0.29) is 12.2 Å². The Morgan fingerprint density at radius 1 is 1.62 bits per heavy atom. The third-order valence-corrected chi connectivity index (χ3v) is 0.827. The second-order valence-corrected chi connectivity index (χ2v) is 3.81. The van der Waals surface area contributed by atoms with Crippen molar-refractivity contribution in [3.63, 3.8) is 0 Å². The summed E-state index contributed by atoms with van der Waals surface area (Å²) in [4.78, 5) is 10.3. The van der Waals surface area contributed by atoms with Crippen molar-refractivity contribution in [3.05, 3.63) is 0 Å². The first-order valence-electron chi connectivity index (χ1n) is 2.29. The van der Waals surface area contributed by atoms with Crippen LogP contribution < -0.4 is 0 Å². The monoisotopic (exact) mass is 154 g/mol. The van der Waals surface area contributed by atoms with Crippen LogP contribution in [-0.4, -0.2) is 10.1 Å². The fourth-order valence-electron chi connectivity index (χ4n) is 0.437. The van der Waals surface area contributed by atoms with E-state index in [1.165, 1.54) is 6.92 Å². The standard InChI is InChI=1S/C5H8Cl2O/c1-4(8)3-5(2,6)7/h3H2,1-2H3. The molecule has 48 valence electrons. The number of hydrogen-bond acceptors (Lipinski definition) is 1. The maximum atomic E-state index is 10.3. The SMILES string of the molecule is CC(=O)CC(C)(Cl)Cl. The molecule has 0 aliphatic carbocycles. The molecule has 0 radical (unpaired) electrons. The Morgan fingerprint density at radius 3 is 2.00 bits per heavy atom. The van der Waals surface area contributed by atoms with Crippen LogP contribution in [-0.2, 0) is 4.79 Å². The van der Waals surface area contributed by atoms with Gasteiger partial charge in [-0.1, -0.05) is 0 Å². The summed E-state index contributed by atoms with van der Waals surface area (Å²) in [5.74, 6) is 0.0116. The van der Waals surface area contributed by atoms with Gasteiger partial charge in [0.2, 0.25) is 0 Å². The minimum atomic E-state index is -0.883. The predicted molar refractivity (Wildman–Crippen MR) is 35.4 cm³/mol. The van der Waals surface area contributed by atoms with Gasteiger partial charge in [-0.3, -0.25) is 4.79 Å². The Labute approximate surface area is 59.0 Å². The lowest BCUT2D eigenvalue weighted by Gasteiger charge is -2.08. The van der Waals surface area contributed by atoms with Crippen LogP contribution in [0.4, 0.5) is 0 Å². The van der Waals surface area contributed by atoms with E-state index < -0.39 is 4.33 Å². The average Bonchev–Trinajstić information content (AvgIpc) is 1.21. The Morgan fingerprint density at radius 2 is 2.00 bits per heavy atom. The maximum Gasteiger partial charge on any atom is 0.132 e. The van der Waals surface area contributed by atoms with Gasteiger partial charge in [0.1, 0.15) is 10.1 Å². The van der Waals surface area contributed by atoms with Gasteiger partial charge in [0.05, 0.1) is 0 Å². The first kappa shape index (κ1) is 8.25. The van der Waals surface area contributed by atoms with E-state index in [0.29, 0.717) is 0 Å². The van der Waals surface area contributed by atoms with Crippen LogP contribution in [0.2, 0.25) is 0 Å². The molecule has 0 amide bonds. The molecule has 0 atom stereocenters. The van der Waals surface area contributed by atoms with E-state index in [2.05, 4.69) is 0 Å².